The fraction of sp³-hybridized carbons (Fsp3) is 0.267. The van der Waals surface area contributed by atoms with Crippen LogP contribution >= 0.6 is 0 Å². The Bertz CT molecular complexity index is 678. The van der Waals surface area contributed by atoms with Crippen LogP contribution in [0.4, 0.5) is 4.79 Å². The number of hydrogen-bond acceptors (Lipinski definition) is 4. The van der Waals surface area contributed by atoms with Gasteiger partial charge in [0.15, 0.2) is 0 Å². The molecule has 6 heteroatoms. The van der Waals surface area contributed by atoms with Crippen molar-refractivity contribution in [3.8, 4) is 0 Å². The number of rotatable bonds is 2. The number of benzene rings is 1. The fourth-order valence-corrected chi connectivity index (χ4v) is 2.89. The lowest BCUT2D eigenvalue weighted by Crippen LogP contribution is -2.22. The second-order valence-corrected chi connectivity index (χ2v) is 5.02. The zero-order valence-electron chi connectivity index (χ0n) is 11.4. The van der Waals surface area contributed by atoms with Gasteiger partial charge >= 0.3 is 12.0 Å². The summed E-state index contributed by atoms with van der Waals surface area (Å²) >= 11 is 0. The van der Waals surface area contributed by atoms with E-state index in [1.54, 1.807) is 0 Å². The molecule has 1 atom stereocenters. The van der Waals surface area contributed by atoms with E-state index in [9.17, 15) is 14.4 Å². The molecule has 2 aliphatic rings. The lowest BCUT2D eigenvalue weighted by molar-refractivity contribution is -0.140. The SMILES string of the molecule is COC(=O)CC1/C(=C2\NC(=O)NC2=O)Cc2ccccc21. The van der Waals surface area contributed by atoms with Crippen LogP contribution in [0.3, 0.4) is 0 Å². The Morgan fingerprint density at radius 1 is 1.29 bits per heavy atom. The summed E-state index contributed by atoms with van der Waals surface area (Å²) in [5.41, 5.74) is 3.07. The molecule has 1 aromatic carbocycles. The topological polar surface area (TPSA) is 84.5 Å². The number of allylic oxidation sites excluding steroid dienone is 1. The lowest BCUT2D eigenvalue weighted by Gasteiger charge is -2.14. The third-order valence-electron chi connectivity index (χ3n) is 3.84. The second kappa shape index (κ2) is 5.05. The molecule has 0 saturated carbocycles. The van der Waals surface area contributed by atoms with Gasteiger partial charge in [-0.15, -0.1) is 0 Å². The van der Waals surface area contributed by atoms with Crippen molar-refractivity contribution in [3.05, 3.63) is 46.7 Å². The largest absolute Gasteiger partial charge is 0.469 e. The van der Waals surface area contributed by atoms with Crippen molar-refractivity contribution in [3.63, 3.8) is 0 Å². The maximum absolute atomic E-state index is 11.9. The van der Waals surface area contributed by atoms with Crippen LogP contribution in [0.15, 0.2) is 35.5 Å². The minimum absolute atomic E-state index is 0.148. The summed E-state index contributed by atoms with van der Waals surface area (Å²) in [6.45, 7) is 0. The van der Waals surface area contributed by atoms with E-state index in [0.717, 1.165) is 16.7 Å². The molecule has 1 aliphatic carbocycles. The number of carbonyl (C=O) groups excluding carboxylic acids is 3. The lowest BCUT2D eigenvalue weighted by atomic mass is 9.93. The number of imide groups is 1. The van der Waals surface area contributed by atoms with Gasteiger partial charge in [0.05, 0.1) is 13.5 Å². The van der Waals surface area contributed by atoms with E-state index >= 15 is 0 Å². The second-order valence-electron chi connectivity index (χ2n) is 5.02. The van der Waals surface area contributed by atoms with Crippen molar-refractivity contribution in [2.45, 2.75) is 18.8 Å². The molecular formula is C15H14N2O4. The standard InChI is InChI=1S/C15H14N2O4/c1-21-12(18)7-10-9-5-3-2-4-8(9)6-11(10)13-14(19)17-15(20)16-13/h2-5,10H,6-7H2,1H3,(H2,16,17,19,20)/b13-11-. The van der Waals surface area contributed by atoms with E-state index < -0.39 is 11.9 Å². The average molecular weight is 286 g/mol. The zero-order valence-corrected chi connectivity index (χ0v) is 11.4. The van der Waals surface area contributed by atoms with Gasteiger partial charge in [0, 0.05) is 5.92 Å². The quantitative estimate of drug-likeness (QED) is 0.482. The third kappa shape index (κ3) is 2.29. The van der Waals surface area contributed by atoms with Gasteiger partial charge in [-0.1, -0.05) is 24.3 Å². The highest BCUT2D eigenvalue weighted by Gasteiger charge is 2.36. The minimum atomic E-state index is -0.532. The Morgan fingerprint density at radius 2 is 2.05 bits per heavy atom. The molecule has 3 rings (SSSR count). The molecular weight excluding hydrogens is 272 g/mol. The molecule has 1 heterocycles. The van der Waals surface area contributed by atoms with E-state index in [-0.39, 0.29) is 24.0 Å². The van der Waals surface area contributed by atoms with Crippen molar-refractivity contribution in [1.82, 2.24) is 10.6 Å². The maximum atomic E-state index is 11.9. The van der Waals surface area contributed by atoms with E-state index in [2.05, 4.69) is 10.6 Å². The van der Waals surface area contributed by atoms with Crippen molar-refractivity contribution in [2.24, 2.45) is 0 Å². The van der Waals surface area contributed by atoms with Crippen LogP contribution in [0.2, 0.25) is 0 Å². The van der Waals surface area contributed by atoms with Gasteiger partial charge in [-0.25, -0.2) is 4.79 Å². The molecule has 21 heavy (non-hydrogen) atoms. The summed E-state index contributed by atoms with van der Waals surface area (Å²) in [5, 5.41) is 4.72. The maximum Gasteiger partial charge on any atom is 0.326 e. The number of esters is 1. The van der Waals surface area contributed by atoms with Crippen LogP contribution in [0.25, 0.3) is 0 Å². The molecule has 1 unspecified atom stereocenters. The molecule has 108 valence electrons. The summed E-state index contributed by atoms with van der Waals surface area (Å²) in [5.74, 6) is -1.04. The zero-order chi connectivity index (χ0) is 15.0. The molecule has 0 spiro atoms. The highest BCUT2D eigenvalue weighted by Crippen LogP contribution is 2.41. The molecule has 1 aliphatic heterocycles. The Morgan fingerprint density at radius 3 is 2.71 bits per heavy atom. The number of carbonyl (C=O) groups is 3. The van der Waals surface area contributed by atoms with Crippen LogP contribution in [-0.4, -0.2) is 25.0 Å². The Kier molecular flexibility index (Phi) is 3.21. The summed E-state index contributed by atoms with van der Waals surface area (Å²) in [6, 6.07) is 7.17. The molecule has 1 aromatic rings. The first-order valence-electron chi connectivity index (χ1n) is 6.60. The smallest absolute Gasteiger partial charge is 0.326 e. The van der Waals surface area contributed by atoms with Crippen molar-refractivity contribution in [1.29, 1.82) is 0 Å². The van der Waals surface area contributed by atoms with Crippen molar-refractivity contribution >= 4 is 17.9 Å². The van der Waals surface area contributed by atoms with Crippen molar-refractivity contribution in [2.75, 3.05) is 7.11 Å². The number of methoxy groups -OCH3 is 1. The Balaban J connectivity index is 2.05. The van der Waals surface area contributed by atoms with Gasteiger partial charge in [0.1, 0.15) is 5.70 Å². The molecule has 0 radical (unpaired) electrons. The summed E-state index contributed by atoms with van der Waals surface area (Å²) in [6.07, 6.45) is 0.691. The Labute approximate surface area is 121 Å². The van der Waals surface area contributed by atoms with Crippen LogP contribution < -0.4 is 10.6 Å². The average Bonchev–Trinajstić information content (AvgIpc) is 2.99. The highest BCUT2D eigenvalue weighted by molar-refractivity contribution is 6.12. The van der Waals surface area contributed by atoms with Crippen molar-refractivity contribution < 1.29 is 19.1 Å². The van der Waals surface area contributed by atoms with Crippen LogP contribution in [0, 0.1) is 0 Å². The first-order chi connectivity index (χ1) is 10.1. The molecule has 3 amide bonds. The van der Waals surface area contributed by atoms with E-state index in [1.165, 1.54) is 7.11 Å². The number of ether oxygens (including phenoxy) is 1. The molecule has 2 N–H and O–H groups in total. The monoisotopic (exact) mass is 286 g/mol. The van der Waals surface area contributed by atoms with Crippen LogP contribution in [-0.2, 0) is 20.7 Å². The molecule has 1 fully saturated rings. The predicted molar refractivity (Wildman–Crippen MR) is 73.2 cm³/mol. The van der Waals surface area contributed by atoms with Gasteiger partial charge in [-0.3, -0.25) is 14.9 Å². The highest BCUT2D eigenvalue weighted by atomic mass is 16.5. The number of fused-ring (bicyclic) bond motifs is 1. The number of amides is 3. The molecule has 0 aromatic heterocycles. The van der Waals surface area contributed by atoms with Gasteiger partial charge in [-0.2, -0.15) is 0 Å². The van der Waals surface area contributed by atoms with Gasteiger partial charge in [-0.05, 0) is 23.1 Å². The number of hydrogen-bond donors (Lipinski definition) is 2. The number of nitrogens with one attached hydrogen (secondary N) is 2. The van der Waals surface area contributed by atoms with Crippen LogP contribution in [0.1, 0.15) is 23.5 Å². The molecule has 6 nitrogen and oxygen atoms in total. The Hall–Kier alpha value is -2.63. The fourth-order valence-electron chi connectivity index (χ4n) is 2.89. The normalized spacial score (nSPS) is 23.6. The molecule has 0 bridgehead atoms. The first kappa shape index (κ1) is 13.4. The summed E-state index contributed by atoms with van der Waals surface area (Å²) in [7, 11) is 1.33. The van der Waals surface area contributed by atoms with E-state index in [0.29, 0.717) is 6.42 Å². The summed E-state index contributed by atoms with van der Waals surface area (Å²) < 4.78 is 4.74. The third-order valence-corrected chi connectivity index (χ3v) is 3.84. The minimum Gasteiger partial charge on any atom is -0.469 e. The van der Waals surface area contributed by atoms with Gasteiger partial charge < -0.3 is 10.1 Å². The number of urea groups is 1. The van der Waals surface area contributed by atoms with E-state index in [1.807, 2.05) is 24.3 Å². The van der Waals surface area contributed by atoms with Gasteiger partial charge in [0.25, 0.3) is 5.91 Å². The predicted octanol–water partition coefficient (Wildman–Crippen LogP) is 0.983. The van der Waals surface area contributed by atoms with Crippen LogP contribution in [0.5, 0.6) is 0 Å². The summed E-state index contributed by atoms with van der Waals surface area (Å²) in [4.78, 5) is 34.8. The molecule has 1 saturated heterocycles. The first-order valence-corrected chi connectivity index (χ1v) is 6.60. The van der Waals surface area contributed by atoms with Gasteiger partial charge in [0.2, 0.25) is 0 Å². The van der Waals surface area contributed by atoms with E-state index in [4.69, 9.17) is 4.74 Å².